The van der Waals surface area contributed by atoms with E-state index in [2.05, 4.69) is 30.9 Å². The van der Waals surface area contributed by atoms with Gasteiger partial charge in [-0.1, -0.05) is 63.0 Å². The first-order valence-electron chi connectivity index (χ1n) is 9.14. The van der Waals surface area contributed by atoms with Gasteiger partial charge < -0.3 is 0 Å². The highest BCUT2D eigenvalue weighted by Gasteiger charge is 2.09. The summed E-state index contributed by atoms with van der Waals surface area (Å²) < 4.78 is 27.2. The molecule has 0 bridgehead atoms. The summed E-state index contributed by atoms with van der Waals surface area (Å²) in [6.07, 6.45) is 8.73. The summed E-state index contributed by atoms with van der Waals surface area (Å²) in [5.74, 6) is 3.88. The van der Waals surface area contributed by atoms with Crippen LogP contribution < -0.4 is 0 Å². The van der Waals surface area contributed by atoms with Crippen molar-refractivity contribution in [1.29, 1.82) is 5.26 Å². The Bertz CT molecular complexity index is 797. The SMILES string of the molecule is CCCCCCCCc1ccc(C#Cc2cc(F)c(C#N)c(F)c2)cc1. The second kappa shape index (κ2) is 10.4. The second-order valence-corrected chi connectivity index (χ2v) is 6.39. The highest BCUT2D eigenvalue weighted by Crippen LogP contribution is 2.14. The minimum Gasteiger partial charge on any atom is -0.205 e. The molecule has 0 amide bonds. The molecule has 2 aromatic rings. The average Bonchev–Trinajstić information content (AvgIpc) is 2.63. The fourth-order valence-electron chi connectivity index (χ4n) is 2.76. The lowest BCUT2D eigenvalue weighted by Crippen LogP contribution is -1.92. The Balaban J connectivity index is 1.92. The van der Waals surface area contributed by atoms with Crippen LogP contribution in [0, 0.1) is 34.8 Å². The molecular weight excluding hydrogens is 328 g/mol. The first kappa shape index (κ1) is 19.7. The Morgan fingerprint density at radius 3 is 2.00 bits per heavy atom. The smallest absolute Gasteiger partial charge is 0.145 e. The first-order chi connectivity index (χ1) is 12.6. The highest BCUT2D eigenvalue weighted by atomic mass is 19.1. The van der Waals surface area contributed by atoms with Gasteiger partial charge in [-0.25, -0.2) is 8.78 Å². The van der Waals surface area contributed by atoms with Crippen molar-refractivity contribution < 1.29 is 8.78 Å². The van der Waals surface area contributed by atoms with E-state index in [-0.39, 0.29) is 5.56 Å². The molecule has 0 heterocycles. The van der Waals surface area contributed by atoms with Crippen molar-refractivity contribution >= 4 is 0 Å². The van der Waals surface area contributed by atoms with Gasteiger partial charge in [-0.15, -0.1) is 0 Å². The summed E-state index contributed by atoms with van der Waals surface area (Å²) in [7, 11) is 0. The lowest BCUT2D eigenvalue weighted by molar-refractivity contribution is 0.576. The van der Waals surface area contributed by atoms with E-state index in [1.54, 1.807) is 0 Å². The van der Waals surface area contributed by atoms with E-state index in [0.717, 1.165) is 24.1 Å². The van der Waals surface area contributed by atoms with Crippen LogP contribution in [-0.2, 0) is 6.42 Å². The van der Waals surface area contributed by atoms with Crippen LogP contribution in [0.1, 0.15) is 67.7 Å². The highest BCUT2D eigenvalue weighted by molar-refractivity contribution is 5.46. The van der Waals surface area contributed by atoms with Gasteiger partial charge in [-0.2, -0.15) is 5.26 Å². The maximum atomic E-state index is 13.6. The fraction of sp³-hybridized carbons (Fsp3) is 0.348. The summed E-state index contributed by atoms with van der Waals surface area (Å²) in [6.45, 7) is 2.22. The van der Waals surface area contributed by atoms with Crippen LogP contribution in [-0.4, -0.2) is 0 Å². The molecule has 0 fully saturated rings. The topological polar surface area (TPSA) is 23.8 Å². The van der Waals surface area contributed by atoms with Crippen molar-refractivity contribution in [2.45, 2.75) is 51.9 Å². The molecule has 0 aromatic heterocycles. The van der Waals surface area contributed by atoms with Crippen molar-refractivity contribution in [3.05, 3.63) is 70.3 Å². The molecule has 0 saturated carbocycles. The standard InChI is InChI=1S/C23H23F2N/c1-2-3-4-5-6-7-8-18-9-11-19(12-10-18)13-14-20-15-22(24)21(17-26)23(25)16-20/h9-12,15-16H,2-8H2,1H3. The third kappa shape index (κ3) is 6.01. The molecule has 0 unspecified atom stereocenters. The Hall–Kier alpha value is -2.65. The number of nitrogens with zero attached hydrogens (tertiary/aromatic N) is 1. The lowest BCUT2D eigenvalue weighted by Gasteiger charge is -2.02. The van der Waals surface area contributed by atoms with Crippen LogP contribution in [0.15, 0.2) is 36.4 Å². The van der Waals surface area contributed by atoms with Gasteiger partial charge in [0.2, 0.25) is 0 Å². The molecule has 0 N–H and O–H groups in total. The van der Waals surface area contributed by atoms with Gasteiger partial charge >= 0.3 is 0 Å². The molecule has 26 heavy (non-hydrogen) atoms. The number of halogens is 2. The number of benzene rings is 2. The maximum Gasteiger partial charge on any atom is 0.145 e. The molecule has 3 heteroatoms. The Morgan fingerprint density at radius 1 is 0.808 bits per heavy atom. The van der Waals surface area contributed by atoms with E-state index >= 15 is 0 Å². The molecule has 2 rings (SSSR count). The summed E-state index contributed by atoms with van der Waals surface area (Å²) in [5.41, 5.74) is 1.72. The average molecular weight is 351 g/mol. The van der Waals surface area contributed by atoms with Gasteiger partial charge in [-0.05, 0) is 42.7 Å². The minimum absolute atomic E-state index is 0.218. The summed E-state index contributed by atoms with van der Waals surface area (Å²) in [5, 5.41) is 8.67. The zero-order chi connectivity index (χ0) is 18.8. The lowest BCUT2D eigenvalue weighted by atomic mass is 10.0. The molecule has 0 aliphatic carbocycles. The number of nitriles is 1. The number of hydrogen-bond donors (Lipinski definition) is 0. The largest absolute Gasteiger partial charge is 0.205 e. The zero-order valence-corrected chi connectivity index (χ0v) is 15.1. The molecular formula is C23H23F2N. The number of unbranched alkanes of at least 4 members (excludes halogenated alkanes) is 5. The number of rotatable bonds is 7. The molecule has 0 atom stereocenters. The van der Waals surface area contributed by atoms with Gasteiger partial charge in [-0.3, -0.25) is 0 Å². The summed E-state index contributed by atoms with van der Waals surface area (Å²) in [6, 6.07) is 11.6. The molecule has 134 valence electrons. The van der Waals surface area contributed by atoms with Crippen molar-refractivity contribution in [3.8, 4) is 17.9 Å². The molecule has 0 aliphatic heterocycles. The van der Waals surface area contributed by atoms with Crippen molar-refractivity contribution in [3.63, 3.8) is 0 Å². The minimum atomic E-state index is -0.883. The Kier molecular flexibility index (Phi) is 7.84. The van der Waals surface area contributed by atoms with Crippen molar-refractivity contribution in [2.24, 2.45) is 0 Å². The quantitative estimate of drug-likeness (QED) is 0.434. The maximum absolute atomic E-state index is 13.6. The molecule has 0 radical (unpaired) electrons. The molecule has 0 aliphatic rings. The van der Waals surface area contributed by atoms with Crippen LogP contribution in [0.2, 0.25) is 0 Å². The Labute approximate surface area is 154 Å². The molecule has 2 aromatic carbocycles. The van der Waals surface area contributed by atoms with Crippen LogP contribution in [0.3, 0.4) is 0 Å². The van der Waals surface area contributed by atoms with Crippen molar-refractivity contribution in [1.82, 2.24) is 0 Å². The molecule has 1 nitrogen and oxygen atoms in total. The third-order valence-corrected chi connectivity index (χ3v) is 4.28. The van der Waals surface area contributed by atoms with Gasteiger partial charge in [0.15, 0.2) is 0 Å². The van der Waals surface area contributed by atoms with E-state index in [9.17, 15) is 8.78 Å². The van der Waals surface area contributed by atoms with E-state index in [1.165, 1.54) is 50.2 Å². The third-order valence-electron chi connectivity index (χ3n) is 4.28. The van der Waals surface area contributed by atoms with E-state index < -0.39 is 17.2 Å². The normalized spacial score (nSPS) is 10.1. The van der Waals surface area contributed by atoms with Gasteiger partial charge in [0, 0.05) is 11.1 Å². The summed E-state index contributed by atoms with van der Waals surface area (Å²) >= 11 is 0. The summed E-state index contributed by atoms with van der Waals surface area (Å²) in [4.78, 5) is 0. The number of aryl methyl sites for hydroxylation is 1. The van der Waals surface area contributed by atoms with Gasteiger partial charge in [0.1, 0.15) is 23.3 Å². The van der Waals surface area contributed by atoms with E-state index in [0.29, 0.717) is 0 Å². The van der Waals surface area contributed by atoms with Crippen LogP contribution in [0.4, 0.5) is 8.78 Å². The molecule has 0 spiro atoms. The van der Waals surface area contributed by atoms with Gasteiger partial charge in [0.05, 0.1) is 0 Å². The predicted molar refractivity (Wildman–Crippen MR) is 101 cm³/mol. The van der Waals surface area contributed by atoms with Crippen LogP contribution >= 0.6 is 0 Å². The van der Waals surface area contributed by atoms with Crippen LogP contribution in [0.25, 0.3) is 0 Å². The fourth-order valence-corrected chi connectivity index (χ4v) is 2.76. The van der Waals surface area contributed by atoms with Crippen molar-refractivity contribution in [2.75, 3.05) is 0 Å². The van der Waals surface area contributed by atoms with Crippen LogP contribution in [0.5, 0.6) is 0 Å². The van der Waals surface area contributed by atoms with E-state index in [1.807, 2.05) is 12.1 Å². The van der Waals surface area contributed by atoms with Gasteiger partial charge in [0.25, 0.3) is 0 Å². The first-order valence-corrected chi connectivity index (χ1v) is 9.14. The van der Waals surface area contributed by atoms with E-state index in [4.69, 9.17) is 5.26 Å². The predicted octanol–water partition coefficient (Wildman–Crippen LogP) is 6.14. The Morgan fingerprint density at radius 2 is 1.38 bits per heavy atom. The zero-order valence-electron chi connectivity index (χ0n) is 15.1. The molecule has 0 saturated heterocycles. The second-order valence-electron chi connectivity index (χ2n) is 6.39. The number of hydrogen-bond acceptors (Lipinski definition) is 1. The monoisotopic (exact) mass is 351 g/mol.